The van der Waals surface area contributed by atoms with Crippen molar-refractivity contribution in [2.45, 2.75) is 44.5 Å². The minimum atomic E-state index is 0.407. The van der Waals surface area contributed by atoms with Crippen molar-refractivity contribution in [1.82, 2.24) is 9.80 Å². The third-order valence-corrected chi connectivity index (χ3v) is 5.41. The molecule has 3 nitrogen and oxygen atoms in total. The number of aryl methyl sites for hydroxylation is 1. The highest BCUT2D eigenvalue weighted by molar-refractivity contribution is 7.11. The number of hydrogen-bond donors (Lipinski definition) is 0. The molecule has 2 saturated heterocycles. The smallest absolute Gasteiger partial charge is 0.0897 e. The van der Waals surface area contributed by atoms with Gasteiger partial charge < -0.3 is 9.64 Å². The quantitative estimate of drug-likeness (QED) is 0.845. The highest BCUT2D eigenvalue weighted by Gasteiger charge is 2.44. The fourth-order valence-electron chi connectivity index (χ4n) is 3.43. The molecule has 3 heterocycles. The van der Waals surface area contributed by atoms with Crippen molar-refractivity contribution in [3.05, 3.63) is 21.9 Å². The van der Waals surface area contributed by atoms with Gasteiger partial charge in [0, 0.05) is 41.5 Å². The van der Waals surface area contributed by atoms with Crippen molar-refractivity contribution in [2.75, 3.05) is 27.2 Å². The van der Waals surface area contributed by atoms with Crippen molar-refractivity contribution in [3.8, 4) is 0 Å². The van der Waals surface area contributed by atoms with Crippen molar-refractivity contribution >= 4 is 11.3 Å². The van der Waals surface area contributed by atoms with Crippen LogP contribution in [0.5, 0.6) is 0 Å². The first-order valence-electron chi connectivity index (χ1n) is 7.22. The molecule has 2 aliphatic heterocycles. The van der Waals surface area contributed by atoms with Gasteiger partial charge in [0.15, 0.2) is 0 Å². The standard InChI is InChI=1S/C15H24N2OS/c1-11-6-7-12(19-11)9-17-10-14(16(2)3)15-13(17)5-4-8-18-15/h6-7,13-15H,4-5,8-10H2,1-3H3/t13-,14-,15+/m1/s1. The van der Waals surface area contributed by atoms with Crippen LogP contribution in [-0.4, -0.2) is 55.2 Å². The molecule has 0 saturated carbocycles. The molecule has 4 heteroatoms. The average Bonchev–Trinajstić information content (AvgIpc) is 2.95. The lowest BCUT2D eigenvalue weighted by molar-refractivity contribution is -0.0342. The molecule has 1 aromatic heterocycles. The Morgan fingerprint density at radius 2 is 2.26 bits per heavy atom. The van der Waals surface area contributed by atoms with Crippen LogP contribution in [-0.2, 0) is 11.3 Å². The van der Waals surface area contributed by atoms with E-state index in [2.05, 4.69) is 43.0 Å². The van der Waals surface area contributed by atoms with Gasteiger partial charge in [0.25, 0.3) is 0 Å². The summed E-state index contributed by atoms with van der Waals surface area (Å²) in [7, 11) is 4.36. The monoisotopic (exact) mass is 280 g/mol. The maximum absolute atomic E-state index is 6.07. The summed E-state index contributed by atoms with van der Waals surface area (Å²) in [5.41, 5.74) is 0. The first-order valence-corrected chi connectivity index (χ1v) is 8.04. The zero-order valence-corrected chi connectivity index (χ0v) is 12.9. The largest absolute Gasteiger partial charge is 0.375 e. The number of rotatable bonds is 3. The summed E-state index contributed by atoms with van der Waals surface area (Å²) < 4.78 is 6.07. The molecular weight excluding hydrogens is 256 g/mol. The van der Waals surface area contributed by atoms with E-state index in [0.29, 0.717) is 18.2 Å². The Balaban J connectivity index is 1.74. The fourth-order valence-corrected chi connectivity index (χ4v) is 4.35. The lowest BCUT2D eigenvalue weighted by Crippen LogP contribution is -2.45. The Morgan fingerprint density at radius 3 is 2.95 bits per heavy atom. The van der Waals surface area contributed by atoms with Gasteiger partial charge in [-0.05, 0) is 46.0 Å². The third-order valence-electron chi connectivity index (χ3n) is 4.42. The van der Waals surface area contributed by atoms with E-state index in [1.54, 1.807) is 0 Å². The molecular formula is C15H24N2OS. The summed E-state index contributed by atoms with van der Waals surface area (Å²) in [4.78, 5) is 7.87. The first-order chi connectivity index (χ1) is 9.15. The van der Waals surface area contributed by atoms with Crippen LogP contribution >= 0.6 is 11.3 Å². The van der Waals surface area contributed by atoms with Gasteiger partial charge in [0.1, 0.15) is 0 Å². The summed E-state index contributed by atoms with van der Waals surface area (Å²) >= 11 is 1.93. The molecule has 0 amide bonds. The molecule has 0 aliphatic carbocycles. The predicted octanol–water partition coefficient (Wildman–Crippen LogP) is 2.35. The predicted molar refractivity (Wildman–Crippen MR) is 79.7 cm³/mol. The molecule has 0 bridgehead atoms. The molecule has 2 aliphatic rings. The van der Waals surface area contributed by atoms with E-state index in [-0.39, 0.29) is 0 Å². The molecule has 0 spiro atoms. The van der Waals surface area contributed by atoms with E-state index in [4.69, 9.17) is 4.74 Å². The van der Waals surface area contributed by atoms with Gasteiger partial charge >= 0.3 is 0 Å². The van der Waals surface area contributed by atoms with Crippen molar-refractivity contribution in [1.29, 1.82) is 0 Å². The van der Waals surface area contributed by atoms with Crippen LogP contribution in [0.3, 0.4) is 0 Å². The number of fused-ring (bicyclic) bond motifs is 1. The summed E-state index contributed by atoms with van der Waals surface area (Å²) in [5, 5.41) is 0. The van der Waals surface area contributed by atoms with Crippen LogP contribution in [0.4, 0.5) is 0 Å². The van der Waals surface area contributed by atoms with E-state index >= 15 is 0 Å². The van der Waals surface area contributed by atoms with Gasteiger partial charge in [-0.2, -0.15) is 0 Å². The number of hydrogen-bond acceptors (Lipinski definition) is 4. The van der Waals surface area contributed by atoms with E-state index in [9.17, 15) is 0 Å². The molecule has 1 aromatic rings. The van der Waals surface area contributed by atoms with Crippen molar-refractivity contribution in [3.63, 3.8) is 0 Å². The molecule has 106 valence electrons. The van der Waals surface area contributed by atoms with E-state index in [1.807, 2.05) is 11.3 Å². The highest BCUT2D eigenvalue weighted by Crippen LogP contribution is 2.32. The molecule has 0 unspecified atom stereocenters. The van der Waals surface area contributed by atoms with Gasteiger partial charge in [-0.1, -0.05) is 0 Å². The van der Waals surface area contributed by atoms with Crippen LogP contribution in [0.1, 0.15) is 22.6 Å². The first kappa shape index (κ1) is 13.6. The maximum Gasteiger partial charge on any atom is 0.0897 e. The van der Waals surface area contributed by atoms with Crippen LogP contribution < -0.4 is 0 Å². The van der Waals surface area contributed by atoms with Crippen LogP contribution in [0.25, 0.3) is 0 Å². The minimum Gasteiger partial charge on any atom is -0.375 e. The fraction of sp³-hybridized carbons (Fsp3) is 0.733. The summed E-state index contributed by atoms with van der Waals surface area (Å²) in [6.07, 6.45) is 2.91. The second kappa shape index (κ2) is 5.52. The third kappa shape index (κ3) is 2.72. The average molecular weight is 280 g/mol. The molecule has 19 heavy (non-hydrogen) atoms. The normalized spacial score (nSPS) is 31.9. The molecule has 2 fully saturated rings. The number of likely N-dealkylation sites (N-methyl/N-ethyl adjacent to an activating group) is 1. The Hall–Kier alpha value is -0.420. The summed E-state index contributed by atoms with van der Waals surface area (Å²) in [6, 6.07) is 5.67. The number of nitrogens with zero attached hydrogens (tertiary/aromatic N) is 2. The maximum atomic E-state index is 6.07. The molecule has 0 aromatic carbocycles. The molecule has 0 N–H and O–H groups in total. The second-order valence-electron chi connectivity index (χ2n) is 6.02. The van der Waals surface area contributed by atoms with Crippen molar-refractivity contribution in [2.24, 2.45) is 0 Å². The lowest BCUT2D eigenvalue weighted by Gasteiger charge is -2.33. The second-order valence-corrected chi connectivity index (χ2v) is 7.39. The van der Waals surface area contributed by atoms with Gasteiger partial charge in [-0.3, -0.25) is 4.90 Å². The highest BCUT2D eigenvalue weighted by atomic mass is 32.1. The summed E-state index contributed by atoms with van der Waals surface area (Å²) in [5.74, 6) is 0. The number of likely N-dealkylation sites (tertiary alicyclic amines) is 1. The minimum absolute atomic E-state index is 0.407. The van der Waals surface area contributed by atoms with Crippen LogP contribution in [0, 0.1) is 6.92 Å². The Bertz CT molecular complexity index is 432. The van der Waals surface area contributed by atoms with E-state index in [1.165, 1.54) is 22.6 Å². The number of ether oxygens (including phenoxy) is 1. The molecule has 3 atom stereocenters. The lowest BCUT2D eigenvalue weighted by atomic mass is 10.0. The van der Waals surface area contributed by atoms with E-state index in [0.717, 1.165) is 19.7 Å². The SMILES string of the molecule is Cc1ccc(CN2C[C@@H](N(C)C)[C@H]3OCCC[C@H]32)s1. The topological polar surface area (TPSA) is 15.7 Å². The van der Waals surface area contributed by atoms with Gasteiger partial charge in [-0.25, -0.2) is 0 Å². The summed E-state index contributed by atoms with van der Waals surface area (Å²) in [6.45, 7) is 5.36. The zero-order chi connectivity index (χ0) is 13.4. The molecule has 3 rings (SSSR count). The van der Waals surface area contributed by atoms with Crippen LogP contribution in [0.2, 0.25) is 0 Å². The van der Waals surface area contributed by atoms with Gasteiger partial charge in [0.05, 0.1) is 6.10 Å². The Labute approximate surface area is 120 Å². The Morgan fingerprint density at radius 1 is 1.42 bits per heavy atom. The van der Waals surface area contributed by atoms with E-state index < -0.39 is 0 Å². The number of thiophene rings is 1. The van der Waals surface area contributed by atoms with Gasteiger partial charge in [-0.15, -0.1) is 11.3 Å². The van der Waals surface area contributed by atoms with Gasteiger partial charge in [0.2, 0.25) is 0 Å². The van der Waals surface area contributed by atoms with Crippen molar-refractivity contribution < 1.29 is 4.74 Å². The zero-order valence-electron chi connectivity index (χ0n) is 12.1. The molecule has 0 radical (unpaired) electrons. The van der Waals surface area contributed by atoms with Crippen LogP contribution in [0.15, 0.2) is 12.1 Å². The Kier molecular flexibility index (Phi) is 3.94.